The number of hydrogen-bond acceptors (Lipinski definition) is 1. The summed E-state index contributed by atoms with van der Waals surface area (Å²) in [4.78, 5) is 12.0. The Balaban J connectivity index is 2.49. The minimum Gasteiger partial charge on any atom is -0.338 e. The molecular formula is C14H13NO. The molecule has 3 rings (SSSR count). The molecule has 1 aromatic carbocycles. The molecule has 0 spiro atoms. The number of rotatable bonds is 1. The number of nitrogens with zero attached hydrogens (tertiary/aromatic N) is 1. The van der Waals surface area contributed by atoms with Crippen molar-refractivity contribution in [3.05, 3.63) is 41.6 Å². The third kappa shape index (κ3) is 1.10. The fraction of sp³-hybridized carbons (Fsp3) is 0.214. The lowest BCUT2D eigenvalue weighted by Crippen LogP contribution is -2.10. The number of hydrogen-bond donors (Lipinski definition) is 0. The Kier molecular flexibility index (Phi) is 1.96. The Morgan fingerprint density at radius 2 is 2.12 bits per heavy atom. The molecule has 2 nitrogen and oxygen atoms in total. The highest BCUT2D eigenvalue weighted by atomic mass is 16.1. The summed E-state index contributed by atoms with van der Waals surface area (Å²) in [6.45, 7) is 2.92. The zero-order valence-electron chi connectivity index (χ0n) is 9.23. The second-order valence-corrected chi connectivity index (χ2v) is 4.05. The van der Waals surface area contributed by atoms with Crippen LogP contribution < -0.4 is 0 Å². The Morgan fingerprint density at radius 1 is 1.31 bits per heavy atom. The van der Waals surface area contributed by atoms with Gasteiger partial charge in [-0.05, 0) is 13.0 Å². The number of allylic oxidation sites excluding steroid dienone is 1. The van der Waals surface area contributed by atoms with Gasteiger partial charge in [-0.15, -0.1) is 0 Å². The molecule has 1 heterocycles. The number of Topliss-reactive ketones (excluding diaryl/α,β-unsaturated/α-hetero) is 1. The van der Waals surface area contributed by atoms with Crippen molar-refractivity contribution in [2.45, 2.75) is 19.9 Å². The Labute approximate surface area is 94.2 Å². The van der Waals surface area contributed by atoms with Gasteiger partial charge in [0.15, 0.2) is 5.78 Å². The normalized spacial score (nSPS) is 14.4. The number of fused-ring (bicyclic) bond motifs is 3. The second-order valence-electron chi connectivity index (χ2n) is 4.05. The molecule has 1 aliphatic carbocycles. The summed E-state index contributed by atoms with van der Waals surface area (Å²) < 4.78 is 2.12. The van der Waals surface area contributed by atoms with Gasteiger partial charge in [-0.25, -0.2) is 0 Å². The van der Waals surface area contributed by atoms with Crippen molar-refractivity contribution in [2.75, 3.05) is 0 Å². The Bertz CT molecular complexity index is 604. The average Bonchev–Trinajstić information content (AvgIpc) is 2.65. The van der Waals surface area contributed by atoms with Crippen molar-refractivity contribution in [1.29, 1.82) is 0 Å². The van der Waals surface area contributed by atoms with Crippen LogP contribution in [0.25, 0.3) is 17.0 Å². The van der Waals surface area contributed by atoms with Crippen molar-refractivity contribution >= 4 is 22.8 Å². The van der Waals surface area contributed by atoms with E-state index in [0.29, 0.717) is 6.42 Å². The van der Waals surface area contributed by atoms with Crippen LogP contribution in [-0.4, -0.2) is 10.4 Å². The third-order valence-electron chi connectivity index (χ3n) is 3.18. The molecule has 2 aromatic rings. The fourth-order valence-electron chi connectivity index (χ4n) is 2.51. The minimum atomic E-state index is 0.232. The zero-order valence-corrected chi connectivity index (χ0v) is 9.23. The van der Waals surface area contributed by atoms with Crippen LogP contribution in [-0.2, 0) is 6.54 Å². The van der Waals surface area contributed by atoms with Gasteiger partial charge >= 0.3 is 0 Å². The van der Waals surface area contributed by atoms with Crippen molar-refractivity contribution in [1.82, 2.24) is 4.57 Å². The molecule has 0 atom stereocenters. The summed E-state index contributed by atoms with van der Waals surface area (Å²) in [5.74, 6) is 0.232. The highest BCUT2D eigenvalue weighted by Crippen LogP contribution is 2.30. The van der Waals surface area contributed by atoms with Crippen LogP contribution in [0.4, 0.5) is 0 Å². The van der Waals surface area contributed by atoms with Crippen LogP contribution in [0.3, 0.4) is 0 Å². The van der Waals surface area contributed by atoms with Crippen molar-refractivity contribution in [3.63, 3.8) is 0 Å². The molecule has 2 heteroatoms. The number of benzene rings is 1. The minimum absolute atomic E-state index is 0.232. The SMILES string of the molecule is CCn1c2c(c3ccccc31)C=CCC2=O. The number of aromatic nitrogens is 1. The lowest BCUT2D eigenvalue weighted by Gasteiger charge is -2.09. The van der Waals surface area contributed by atoms with E-state index in [9.17, 15) is 4.79 Å². The van der Waals surface area contributed by atoms with Crippen molar-refractivity contribution in [2.24, 2.45) is 0 Å². The van der Waals surface area contributed by atoms with Crippen LogP contribution in [0.5, 0.6) is 0 Å². The van der Waals surface area contributed by atoms with Gasteiger partial charge in [0.2, 0.25) is 0 Å². The van der Waals surface area contributed by atoms with Gasteiger partial charge in [0.1, 0.15) is 0 Å². The summed E-state index contributed by atoms with van der Waals surface area (Å²) >= 11 is 0. The molecule has 0 radical (unpaired) electrons. The first kappa shape index (κ1) is 9.40. The van der Waals surface area contributed by atoms with Crippen molar-refractivity contribution in [3.8, 4) is 0 Å². The van der Waals surface area contributed by atoms with Crippen LogP contribution in [0, 0.1) is 0 Å². The molecule has 0 saturated carbocycles. The van der Waals surface area contributed by atoms with Crippen LogP contribution >= 0.6 is 0 Å². The van der Waals surface area contributed by atoms with E-state index in [4.69, 9.17) is 0 Å². The summed E-state index contributed by atoms with van der Waals surface area (Å²) in [6, 6.07) is 8.21. The summed E-state index contributed by atoms with van der Waals surface area (Å²) in [6.07, 6.45) is 4.56. The number of para-hydroxylation sites is 1. The van der Waals surface area contributed by atoms with E-state index in [-0.39, 0.29) is 5.78 Å². The highest BCUT2D eigenvalue weighted by Gasteiger charge is 2.21. The van der Waals surface area contributed by atoms with Gasteiger partial charge < -0.3 is 4.57 Å². The van der Waals surface area contributed by atoms with E-state index in [0.717, 1.165) is 23.3 Å². The molecule has 0 aliphatic heterocycles. The first-order chi connectivity index (χ1) is 7.83. The molecule has 0 amide bonds. The van der Waals surface area contributed by atoms with E-state index in [1.54, 1.807) is 0 Å². The molecule has 80 valence electrons. The van der Waals surface area contributed by atoms with Gasteiger partial charge in [-0.2, -0.15) is 0 Å². The summed E-state index contributed by atoms with van der Waals surface area (Å²) in [5.41, 5.74) is 3.13. The number of carbonyl (C=O) groups excluding carboxylic acids is 1. The lowest BCUT2D eigenvalue weighted by atomic mass is 10.0. The monoisotopic (exact) mass is 211 g/mol. The Hall–Kier alpha value is -1.83. The quantitative estimate of drug-likeness (QED) is 0.709. The van der Waals surface area contributed by atoms with E-state index >= 15 is 0 Å². The van der Waals surface area contributed by atoms with Crippen LogP contribution in [0.15, 0.2) is 30.3 Å². The summed E-state index contributed by atoms with van der Waals surface area (Å²) in [7, 11) is 0. The molecule has 0 unspecified atom stereocenters. The Morgan fingerprint density at radius 3 is 2.94 bits per heavy atom. The van der Waals surface area contributed by atoms with E-state index in [1.807, 2.05) is 18.2 Å². The van der Waals surface area contributed by atoms with Gasteiger partial charge in [-0.3, -0.25) is 4.79 Å². The second kappa shape index (κ2) is 3.34. The zero-order chi connectivity index (χ0) is 11.1. The first-order valence-electron chi connectivity index (χ1n) is 5.64. The maximum atomic E-state index is 12.0. The van der Waals surface area contributed by atoms with E-state index < -0.39 is 0 Å². The molecule has 1 aliphatic rings. The standard InChI is InChI=1S/C14H13NO/c1-2-15-12-8-4-3-6-10(12)11-7-5-9-13(16)14(11)15/h3-8H,2,9H2,1H3. The number of ketones is 1. The predicted molar refractivity (Wildman–Crippen MR) is 65.6 cm³/mol. The molecule has 0 fully saturated rings. The van der Waals surface area contributed by atoms with E-state index in [2.05, 4.69) is 29.7 Å². The largest absolute Gasteiger partial charge is 0.338 e. The molecule has 1 aromatic heterocycles. The molecule has 16 heavy (non-hydrogen) atoms. The van der Waals surface area contributed by atoms with Gasteiger partial charge in [0.25, 0.3) is 0 Å². The lowest BCUT2D eigenvalue weighted by molar-refractivity contribution is 0.0986. The first-order valence-corrected chi connectivity index (χ1v) is 5.64. The predicted octanol–water partition coefficient (Wildman–Crippen LogP) is 3.26. The molecule has 0 saturated heterocycles. The maximum absolute atomic E-state index is 12.0. The third-order valence-corrected chi connectivity index (χ3v) is 3.18. The molecule has 0 bridgehead atoms. The van der Waals surface area contributed by atoms with Crippen LogP contribution in [0.1, 0.15) is 29.4 Å². The van der Waals surface area contributed by atoms with Gasteiger partial charge in [-0.1, -0.05) is 30.4 Å². The average molecular weight is 211 g/mol. The van der Waals surface area contributed by atoms with Gasteiger partial charge in [0, 0.05) is 29.4 Å². The highest BCUT2D eigenvalue weighted by molar-refractivity contribution is 6.09. The molecule has 0 N–H and O–H groups in total. The van der Waals surface area contributed by atoms with Crippen molar-refractivity contribution < 1.29 is 4.79 Å². The van der Waals surface area contributed by atoms with E-state index in [1.165, 1.54) is 5.39 Å². The molecular weight excluding hydrogens is 198 g/mol. The summed E-state index contributed by atoms with van der Waals surface area (Å²) in [5, 5.41) is 1.18. The number of aryl methyl sites for hydroxylation is 1. The van der Waals surface area contributed by atoms with Gasteiger partial charge in [0.05, 0.1) is 5.69 Å². The number of carbonyl (C=O) groups is 1. The smallest absolute Gasteiger partial charge is 0.183 e. The maximum Gasteiger partial charge on any atom is 0.183 e. The fourth-order valence-corrected chi connectivity index (χ4v) is 2.51. The van der Waals surface area contributed by atoms with Crippen LogP contribution in [0.2, 0.25) is 0 Å². The topological polar surface area (TPSA) is 22.0 Å².